The second-order valence-corrected chi connectivity index (χ2v) is 5.23. The van der Waals surface area contributed by atoms with Crippen molar-refractivity contribution >= 4 is 5.96 Å². The van der Waals surface area contributed by atoms with Gasteiger partial charge in [0.05, 0.1) is 13.2 Å². The van der Waals surface area contributed by atoms with Gasteiger partial charge in [-0.25, -0.2) is 9.98 Å². The van der Waals surface area contributed by atoms with E-state index in [1.165, 1.54) is 5.56 Å². The highest BCUT2D eigenvalue weighted by molar-refractivity contribution is 5.78. The van der Waals surface area contributed by atoms with Crippen LogP contribution in [0.15, 0.2) is 47.7 Å². The molecule has 2 aromatic rings. The fraction of sp³-hybridized carbons (Fsp3) is 0.375. The summed E-state index contributed by atoms with van der Waals surface area (Å²) in [5.74, 6) is 1.48. The van der Waals surface area contributed by atoms with E-state index in [1.54, 1.807) is 6.20 Å². The van der Waals surface area contributed by atoms with E-state index >= 15 is 0 Å². The van der Waals surface area contributed by atoms with Gasteiger partial charge in [0, 0.05) is 32.0 Å². The first-order valence-electron chi connectivity index (χ1n) is 7.49. The second kappa shape index (κ2) is 7.09. The van der Waals surface area contributed by atoms with Crippen LogP contribution >= 0.6 is 0 Å². The third kappa shape index (κ3) is 3.65. The standard InChI is InChI=1S/C16H21N5O/c17-16(20-8-10-22-11-9-20)19-12-15-18-6-7-21(15)13-14-4-2-1-3-5-14/h1-7H,8-13H2,(H2,17,19). The fourth-order valence-electron chi connectivity index (χ4n) is 2.46. The summed E-state index contributed by atoms with van der Waals surface area (Å²) in [6.07, 6.45) is 3.78. The highest BCUT2D eigenvalue weighted by atomic mass is 16.5. The van der Waals surface area contributed by atoms with E-state index in [2.05, 4.69) is 26.7 Å². The molecule has 0 bridgehead atoms. The van der Waals surface area contributed by atoms with Crippen molar-refractivity contribution in [2.75, 3.05) is 26.3 Å². The molecule has 0 amide bonds. The van der Waals surface area contributed by atoms with Gasteiger partial charge >= 0.3 is 0 Å². The molecule has 6 nitrogen and oxygen atoms in total. The zero-order valence-electron chi connectivity index (χ0n) is 12.6. The average molecular weight is 299 g/mol. The first kappa shape index (κ1) is 14.6. The van der Waals surface area contributed by atoms with Crippen molar-refractivity contribution in [3.63, 3.8) is 0 Å². The van der Waals surface area contributed by atoms with Crippen molar-refractivity contribution in [3.05, 3.63) is 54.1 Å². The third-order valence-corrected chi connectivity index (χ3v) is 3.72. The third-order valence-electron chi connectivity index (χ3n) is 3.72. The van der Waals surface area contributed by atoms with E-state index in [-0.39, 0.29) is 0 Å². The van der Waals surface area contributed by atoms with Crippen LogP contribution in [0.25, 0.3) is 0 Å². The molecule has 0 unspecified atom stereocenters. The zero-order chi connectivity index (χ0) is 15.2. The number of nitrogens with zero attached hydrogens (tertiary/aromatic N) is 4. The van der Waals surface area contributed by atoms with Gasteiger partial charge in [-0.3, -0.25) is 0 Å². The summed E-state index contributed by atoms with van der Waals surface area (Å²) in [4.78, 5) is 10.9. The van der Waals surface area contributed by atoms with Crippen molar-refractivity contribution in [2.45, 2.75) is 13.1 Å². The zero-order valence-corrected chi connectivity index (χ0v) is 12.6. The Balaban J connectivity index is 1.64. The van der Waals surface area contributed by atoms with Crippen molar-refractivity contribution in [2.24, 2.45) is 10.7 Å². The number of morpholine rings is 1. The SMILES string of the molecule is NC(=NCc1nccn1Cc1ccccc1)N1CCOCC1. The largest absolute Gasteiger partial charge is 0.378 e. The van der Waals surface area contributed by atoms with Gasteiger partial charge in [0.25, 0.3) is 0 Å². The number of ether oxygens (including phenoxy) is 1. The molecule has 3 rings (SSSR count). The molecule has 6 heteroatoms. The quantitative estimate of drug-likeness (QED) is 0.677. The number of rotatable bonds is 4. The van der Waals surface area contributed by atoms with E-state index in [0.29, 0.717) is 25.7 Å². The van der Waals surface area contributed by atoms with Crippen LogP contribution in [0, 0.1) is 0 Å². The molecule has 116 valence electrons. The molecular weight excluding hydrogens is 278 g/mol. The molecule has 0 aliphatic carbocycles. The van der Waals surface area contributed by atoms with Crippen molar-refractivity contribution in [1.29, 1.82) is 0 Å². The normalized spacial score (nSPS) is 16.0. The minimum absolute atomic E-state index is 0.489. The smallest absolute Gasteiger partial charge is 0.191 e. The van der Waals surface area contributed by atoms with Crippen LogP contribution in [0.2, 0.25) is 0 Å². The van der Waals surface area contributed by atoms with Gasteiger partial charge in [-0.05, 0) is 5.56 Å². The molecule has 1 aromatic heterocycles. The lowest BCUT2D eigenvalue weighted by atomic mass is 10.2. The van der Waals surface area contributed by atoms with Gasteiger partial charge in [0.1, 0.15) is 12.4 Å². The van der Waals surface area contributed by atoms with E-state index in [1.807, 2.05) is 29.3 Å². The maximum absolute atomic E-state index is 6.05. The summed E-state index contributed by atoms with van der Waals surface area (Å²) in [7, 11) is 0. The molecule has 22 heavy (non-hydrogen) atoms. The van der Waals surface area contributed by atoms with Crippen LogP contribution in [-0.4, -0.2) is 46.7 Å². The van der Waals surface area contributed by atoms with E-state index < -0.39 is 0 Å². The molecule has 0 spiro atoms. The number of guanidine groups is 1. The summed E-state index contributed by atoms with van der Waals surface area (Å²) in [6.45, 7) is 4.30. The second-order valence-electron chi connectivity index (χ2n) is 5.23. The predicted molar refractivity (Wildman–Crippen MR) is 85.5 cm³/mol. The van der Waals surface area contributed by atoms with Gasteiger partial charge < -0.3 is 19.9 Å². The van der Waals surface area contributed by atoms with Crippen LogP contribution < -0.4 is 5.73 Å². The first-order chi connectivity index (χ1) is 10.8. The van der Waals surface area contributed by atoms with Crippen LogP contribution in [-0.2, 0) is 17.8 Å². The van der Waals surface area contributed by atoms with Crippen LogP contribution in [0.3, 0.4) is 0 Å². The van der Waals surface area contributed by atoms with Crippen LogP contribution in [0.5, 0.6) is 0 Å². The Hall–Kier alpha value is -2.34. The van der Waals surface area contributed by atoms with Crippen LogP contribution in [0.4, 0.5) is 0 Å². The van der Waals surface area contributed by atoms with Gasteiger partial charge in [-0.1, -0.05) is 30.3 Å². The molecule has 1 aliphatic heterocycles. The van der Waals surface area contributed by atoms with Gasteiger partial charge in [0.2, 0.25) is 0 Å². The Morgan fingerprint density at radius 1 is 1.23 bits per heavy atom. The minimum atomic E-state index is 0.489. The minimum Gasteiger partial charge on any atom is -0.378 e. The van der Waals surface area contributed by atoms with E-state index in [4.69, 9.17) is 10.5 Å². The Morgan fingerprint density at radius 3 is 2.77 bits per heavy atom. The molecule has 2 heterocycles. The van der Waals surface area contributed by atoms with Gasteiger partial charge in [-0.15, -0.1) is 0 Å². The number of aliphatic imine (C=N–C) groups is 1. The fourth-order valence-corrected chi connectivity index (χ4v) is 2.46. The summed E-state index contributed by atoms with van der Waals surface area (Å²) in [6, 6.07) is 10.3. The number of nitrogens with two attached hydrogens (primary N) is 1. The van der Waals surface area contributed by atoms with Gasteiger partial charge in [-0.2, -0.15) is 0 Å². The highest BCUT2D eigenvalue weighted by Crippen LogP contribution is 2.07. The Bertz CT molecular complexity index is 616. The van der Waals surface area contributed by atoms with E-state index in [9.17, 15) is 0 Å². The molecule has 0 atom stereocenters. The number of hydrogen-bond donors (Lipinski definition) is 1. The monoisotopic (exact) mass is 299 g/mol. The molecule has 1 fully saturated rings. The molecule has 0 radical (unpaired) electrons. The number of aromatic nitrogens is 2. The molecule has 1 aromatic carbocycles. The summed E-state index contributed by atoms with van der Waals surface area (Å²) in [5.41, 5.74) is 7.29. The van der Waals surface area contributed by atoms with Crippen molar-refractivity contribution < 1.29 is 4.74 Å². The number of imidazole rings is 1. The number of hydrogen-bond acceptors (Lipinski definition) is 3. The molecule has 1 saturated heterocycles. The predicted octanol–water partition coefficient (Wildman–Crippen LogP) is 1.08. The maximum Gasteiger partial charge on any atom is 0.191 e. The Labute approximate surface area is 130 Å². The number of benzene rings is 1. The Morgan fingerprint density at radius 2 is 2.00 bits per heavy atom. The molecular formula is C16H21N5O. The molecule has 1 aliphatic rings. The van der Waals surface area contributed by atoms with Gasteiger partial charge in [0.15, 0.2) is 5.96 Å². The average Bonchev–Trinajstić information content (AvgIpc) is 3.01. The summed E-state index contributed by atoms with van der Waals surface area (Å²) < 4.78 is 7.42. The maximum atomic E-state index is 6.05. The molecule has 0 saturated carbocycles. The Kier molecular flexibility index (Phi) is 4.70. The van der Waals surface area contributed by atoms with Crippen LogP contribution in [0.1, 0.15) is 11.4 Å². The molecule has 2 N–H and O–H groups in total. The topological polar surface area (TPSA) is 68.7 Å². The summed E-state index contributed by atoms with van der Waals surface area (Å²) >= 11 is 0. The summed E-state index contributed by atoms with van der Waals surface area (Å²) in [5, 5.41) is 0. The van der Waals surface area contributed by atoms with Crippen molar-refractivity contribution in [3.8, 4) is 0 Å². The first-order valence-corrected chi connectivity index (χ1v) is 7.49. The lowest BCUT2D eigenvalue weighted by molar-refractivity contribution is 0.0674. The highest BCUT2D eigenvalue weighted by Gasteiger charge is 2.12. The lowest BCUT2D eigenvalue weighted by Gasteiger charge is -2.27. The van der Waals surface area contributed by atoms with E-state index in [0.717, 1.165) is 25.5 Å². The lowest BCUT2D eigenvalue weighted by Crippen LogP contribution is -2.44. The van der Waals surface area contributed by atoms with Crippen molar-refractivity contribution in [1.82, 2.24) is 14.5 Å².